The minimum absolute atomic E-state index is 0.0607. The molecule has 6 heteroatoms. The van der Waals surface area contributed by atoms with Crippen LogP contribution in [0.4, 0.5) is 5.69 Å². The van der Waals surface area contributed by atoms with Crippen LogP contribution in [0.2, 0.25) is 0 Å². The van der Waals surface area contributed by atoms with Gasteiger partial charge in [0.1, 0.15) is 0 Å². The van der Waals surface area contributed by atoms with Gasteiger partial charge in [-0.3, -0.25) is 4.68 Å². The highest BCUT2D eigenvalue weighted by Gasteiger charge is 2.02. The second-order valence-electron chi connectivity index (χ2n) is 4.07. The van der Waals surface area contributed by atoms with Crippen molar-refractivity contribution in [1.82, 2.24) is 9.78 Å². The molecule has 2 aromatic rings. The predicted octanol–water partition coefficient (Wildman–Crippen LogP) is 1.19. The highest BCUT2D eigenvalue weighted by molar-refractivity contribution is 5.87. The third kappa shape index (κ3) is 3.56. The van der Waals surface area contributed by atoms with Crippen LogP contribution in [0.1, 0.15) is 15.9 Å². The molecule has 1 heterocycles. The molecule has 0 spiro atoms. The van der Waals surface area contributed by atoms with Gasteiger partial charge >= 0.3 is 5.97 Å². The van der Waals surface area contributed by atoms with Crippen LogP contribution in [0.5, 0.6) is 0 Å². The first-order chi connectivity index (χ1) is 9.19. The zero-order valence-corrected chi connectivity index (χ0v) is 10.3. The lowest BCUT2D eigenvalue weighted by Gasteiger charge is -2.04. The molecule has 2 rings (SSSR count). The summed E-state index contributed by atoms with van der Waals surface area (Å²) in [5.41, 5.74) is 2.11. The van der Waals surface area contributed by atoms with Crippen molar-refractivity contribution in [2.45, 2.75) is 13.1 Å². The summed E-state index contributed by atoms with van der Waals surface area (Å²) in [7, 11) is 0. The number of carbonyl (C=O) groups is 1. The molecule has 0 aliphatic carbocycles. The first-order valence-corrected chi connectivity index (χ1v) is 5.88. The summed E-state index contributed by atoms with van der Waals surface area (Å²) in [6.07, 6.45) is 3.59. The van der Waals surface area contributed by atoms with E-state index >= 15 is 0 Å². The molecule has 0 saturated carbocycles. The largest absolute Gasteiger partial charge is 0.478 e. The minimum Gasteiger partial charge on any atom is -0.478 e. The number of carboxylic acid groups (broad SMARTS) is 1. The fourth-order valence-corrected chi connectivity index (χ4v) is 1.66. The Kier molecular flexibility index (Phi) is 4.15. The molecule has 6 nitrogen and oxygen atoms in total. The van der Waals surface area contributed by atoms with Crippen LogP contribution in [0.15, 0.2) is 36.7 Å². The Balaban J connectivity index is 1.92. The van der Waals surface area contributed by atoms with Gasteiger partial charge < -0.3 is 15.5 Å². The normalized spacial score (nSPS) is 10.4. The lowest BCUT2D eigenvalue weighted by molar-refractivity contribution is 0.0697. The van der Waals surface area contributed by atoms with E-state index in [1.807, 2.05) is 6.20 Å². The van der Waals surface area contributed by atoms with Crippen molar-refractivity contribution in [3.05, 3.63) is 47.8 Å². The van der Waals surface area contributed by atoms with Gasteiger partial charge in [0.25, 0.3) is 0 Å². The van der Waals surface area contributed by atoms with E-state index in [-0.39, 0.29) is 12.2 Å². The standard InChI is InChI=1S/C13H15N3O3/c17-6-5-16-9-10(8-15-16)7-14-12-3-1-11(2-4-12)13(18)19/h1-4,8-9,14,17H,5-7H2,(H,18,19). The summed E-state index contributed by atoms with van der Waals surface area (Å²) >= 11 is 0. The fourth-order valence-electron chi connectivity index (χ4n) is 1.66. The third-order valence-corrected chi connectivity index (χ3v) is 2.64. The summed E-state index contributed by atoms with van der Waals surface area (Å²) in [6, 6.07) is 6.56. The van der Waals surface area contributed by atoms with E-state index in [0.717, 1.165) is 11.3 Å². The molecule has 0 fully saturated rings. The number of nitrogens with one attached hydrogen (secondary N) is 1. The van der Waals surface area contributed by atoms with Crippen LogP contribution < -0.4 is 5.32 Å². The summed E-state index contributed by atoms with van der Waals surface area (Å²) in [6.45, 7) is 1.14. The van der Waals surface area contributed by atoms with E-state index in [2.05, 4.69) is 10.4 Å². The summed E-state index contributed by atoms with van der Waals surface area (Å²) in [5.74, 6) is -0.933. The number of aliphatic hydroxyl groups is 1. The average Bonchev–Trinajstić information content (AvgIpc) is 2.85. The second kappa shape index (κ2) is 6.01. The molecule has 0 atom stereocenters. The van der Waals surface area contributed by atoms with Gasteiger partial charge in [0.05, 0.1) is 24.9 Å². The monoisotopic (exact) mass is 261 g/mol. The van der Waals surface area contributed by atoms with Crippen LogP contribution in [0.3, 0.4) is 0 Å². The molecular weight excluding hydrogens is 246 g/mol. The van der Waals surface area contributed by atoms with Crippen LogP contribution in [0.25, 0.3) is 0 Å². The maximum absolute atomic E-state index is 10.7. The van der Waals surface area contributed by atoms with Crippen molar-refractivity contribution >= 4 is 11.7 Å². The molecule has 0 bridgehead atoms. The number of aromatic carboxylic acids is 1. The third-order valence-electron chi connectivity index (χ3n) is 2.64. The van der Waals surface area contributed by atoms with Gasteiger partial charge in [0.2, 0.25) is 0 Å². The van der Waals surface area contributed by atoms with Gasteiger partial charge in [0, 0.05) is 24.0 Å². The highest BCUT2D eigenvalue weighted by Crippen LogP contribution is 2.11. The SMILES string of the molecule is O=C(O)c1ccc(NCc2cnn(CCO)c2)cc1. The Hall–Kier alpha value is -2.34. The van der Waals surface area contributed by atoms with E-state index in [1.165, 1.54) is 0 Å². The highest BCUT2D eigenvalue weighted by atomic mass is 16.4. The maximum atomic E-state index is 10.7. The summed E-state index contributed by atoms with van der Waals surface area (Å²) in [4.78, 5) is 10.7. The molecule has 0 radical (unpaired) electrons. The molecular formula is C13H15N3O3. The zero-order valence-electron chi connectivity index (χ0n) is 10.3. The number of aliphatic hydroxyl groups excluding tert-OH is 1. The molecule has 1 aromatic heterocycles. The Labute approximate surface area is 110 Å². The molecule has 19 heavy (non-hydrogen) atoms. The number of rotatable bonds is 6. The number of nitrogens with zero attached hydrogens (tertiary/aromatic N) is 2. The number of anilines is 1. The second-order valence-corrected chi connectivity index (χ2v) is 4.07. The molecule has 100 valence electrons. The molecule has 0 amide bonds. The van der Waals surface area contributed by atoms with Crippen LogP contribution in [0, 0.1) is 0 Å². The maximum Gasteiger partial charge on any atom is 0.335 e. The van der Waals surface area contributed by atoms with E-state index < -0.39 is 5.97 Å². The number of carboxylic acids is 1. The quantitative estimate of drug-likeness (QED) is 0.727. The van der Waals surface area contributed by atoms with Crippen LogP contribution in [-0.4, -0.2) is 32.6 Å². The number of hydrogen-bond acceptors (Lipinski definition) is 4. The lowest BCUT2D eigenvalue weighted by Crippen LogP contribution is -2.02. The van der Waals surface area contributed by atoms with Crippen molar-refractivity contribution < 1.29 is 15.0 Å². The van der Waals surface area contributed by atoms with Gasteiger partial charge in [-0.15, -0.1) is 0 Å². The minimum atomic E-state index is -0.933. The van der Waals surface area contributed by atoms with Gasteiger partial charge in [-0.2, -0.15) is 5.10 Å². The molecule has 3 N–H and O–H groups in total. The van der Waals surface area contributed by atoms with Gasteiger partial charge in [-0.1, -0.05) is 0 Å². The Morgan fingerprint density at radius 1 is 1.32 bits per heavy atom. The smallest absolute Gasteiger partial charge is 0.335 e. The van der Waals surface area contributed by atoms with E-state index in [9.17, 15) is 4.79 Å². The Morgan fingerprint density at radius 2 is 2.05 bits per heavy atom. The van der Waals surface area contributed by atoms with Gasteiger partial charge in [-0.25, -0.2) is 4.79 Å². The number of benzene rings is 1. The molecule has 0 aliphatic rings. The van der Waals surface area contributed by atoms with Crippen molar-refractivity contribution in [3.63, 3.8) is 0 Å². The Morgan fingerprint density at radius 3 is 2.68 bits per heavy atom. The van der Waals surface area contributed by atoms with Crippen molar-refractivity contribution in [2.75, 3.05) is 11.9 Å². The average molecular weight is 261 g/mol. The topological polar surface area (TPSA) is 87.4 Å². The van der Waals surface area contributed by atoms with E-state index in [0.29, 0.717) is 13.1 Å². The van der Waals surface area contributed by atoms with Crippen molar-refractivity contribution in [1.29, 1.82) is 0 Å². The molecule has 0 aliphatic heterocycles. The summed E-state index contributed by atoms with van der Waals surface area (Å²) in [5, 5.41) is 24.8. The number of hydrogen-bond donors (Lipinski definition) is 3. The van der Waals surface area contributed by atoms with Gasteiger partial charge in [-0.05, 0) is 24.3 Å². The predicted molar refractivity (Wildman–Crippen MR) is 70.0 cm³/mol. The number of aromatic nitrogens is 2. The van der Waals surface area contributed by atoms with Crippen LogP contribution >= 0.6 is 0 Å². The molecule has 1 aromatic carbocycles. The fraction of sp³-hybridized carbons (Fsp3) is 0.231. The Bertz CT molecular complexity index is 549. The first kappa shape index (κ1) is 13.1. The van der Waals surface area contributed by atoms with Crippen molar-refractivity contribution in [2.24, 2.45) is 0 Å². The molecule has 0 saturated heterocycles. The van der Waals surface area contributed by atoms with E-state index in [4.69, 9.17) is 10.2 Å². The lowest BCUT2D eigenvalue weighted by atomic mass is 10.2. The van der Waals surface area contributed by atoms with E-state index in [1.54, 1.807) is 35.1 Å². The van der Waals surface area contributed by atoms with Crippen LogP contribution in [-0.2, 0) is 13.1 Å². The van der Waals surface area contributed by atoms with Crippen molar-refractivity contribution in [3.8, 4) is 0 Å². The first-order valence-electron chi connectivity index (χ1n) is 5.88. The van der Waals surface area contributed by atoms with Gasteiger partial charge in [0.15, 0.2) is 0 Å². The zero-order chi connectivity index (χ0) is 13.7. The molecule has 0 unspecified atom stereocenters. The summed E-state index contributed by atoms with van der Waals surface area (Å²) < 4.78 is 1.67.